The maximum Gasteiger partial charge on any atom is 0.241 e. The molecule has 3 rings (SSSR count). The number of carbonyl (C=O) groups is 1. The van der Waals surface area contributed by atoms with Crippen LogP contribution in [0.3, 0.4) is 0 Å². The third-order valence-electron chi connectivity index (χ3n) is 3.29. The lowest BCUT2D eigenvalue weighted by Gasteiger charge is -2.11. The van der Waals surface area contributed by atoms with Gasteiger partial charge in [-0.15, -0.1) is 0 Å². The second-order valence-corrected chi connectivity index (χ2v) is 4.75. The number of rotatable bonds is 2. The normalized spacial score (nSPS) is 22.6. The second-order valence-electron chi connectivity index (χ2n) is 4.75. The molecule has 2 heterocycles. The van der Waals surface area contributed by atoms with Gasteiger partial charge in [0.25, 0.3) is 0 Å². The van der Waals surface area contributed by atoms with Crippen LogP contribution >= 0.6 is 0 Å². The van der Waals surface area contributed by atoms with Gasteiger partial charge in [-0.3, -0.25) is 9.78 Å². The third-order valence-corrected chi connectivity index (χ3v) is 3.29. The Morgan fingerprint density at radius 3 is 3.11 bits per heavy atom. The Morgan fingerprint density at radius 1 is 1.42 bits per heavy atom. The molecule has 5 heteroatoms. The van der Waals surface area contributed by atoms with Gasteiger partial charge in [-0.05, 0) is 30.7 Å². The number of aliphatic hydroxyl groups is 1. The lowest BCUT2D eigenvalue weighted by atomic mass is 10.1. The summed E-state index contributed by atoms with van der Waals surface area (Å²) in [4.78, 5) is 16.2. The van der Waals surface area contributed by atoms with E-state index in [1.165, 1.54) is 0 Å². The molecular weight excluding hydrogens is 242 g/mol. The van der Waals surface area contributed by atoms with Crippen molar-refractivity contribution >= 4 is 22.5 Å². The molecule has 0 saturated carbocycles. The first-order valence-corrected chi connectivity index (χ1v) is 6.29. The standard InChI is InChI=1S/C14H15N3O2/c18-11-7-13(16-8-11)14(19)17-10-3-4-12-9(6-10)2-1-5-15-12/h1-6,11,13,16,18H,7-8H2,(H,17,19). The van der Waals surface area contributed by atoms with E-state index in [0.717, 1.165) is 16.6 Å². The van der Waals surface area contributed by atoms with E-state index in [1.807, 2.05) is 30.3 Å². The zero-order valence-electron chi connectivity index (χ0n) is 10.3. The van der Waals surface area contributed by atoms with Crippen molar-refractivity contribution in [2.45, 2.75) is 18.6 Å². The summed E-state index contributed by atoms with van der Waals surface area (Å²) in [5, 5.41) is 16.2. The van der Waals surface area contributed by atoms with Crippen LogP contribution in [0.25, 0.3) is 10.9 Å². The van der Waals surface area contributed by atoms with Gasteiger partial charge in [-0.25, -0.2) is 0 Å². The number of hydrogen-bond donors (Lipinski definition) is 3. The number of benzene rings is 1. The van der Waals surface area contributed by atoms with Crippen molar-refractivity contribution in [1.82, 2.24) is 10.3 Å². The van der Waals surface area contributed by atoms with Crippen LogP contribution in [0.1, 0.15) is 6.42 Å². The number of amides is 1. The number of aromatic nitrogens is 1. The molecule has 1 aliphatic rings. The SMILES string of the molecule is O=C(Nc1ccc2ncccc2c1)C1CC(O)CN1. The van der Waals surface area contributed by atoms with Crippen molar-refractivity contribution in [2.75, 3.05) is 11.9 Å². The van der Waals surface area contributed by atoms with Crippen LogP contribution in [0.5, 0.6) is 0 Å². The van der Waals surface area contributed by atoms with Gasteiger partial charge in [-0.2, -0.15) is 0 Å². The minimum absolute atomic E-state index is 0.111. The molecule has 1 aromatic heterocycles. The highest BCUT2D eigenvalue weighted by Crippen LogP contribution is 2.18. The molecule has 1 aromatic carbocycles. The number of pyridine rings is 1. The van der Waals surface area contributed by atoms with Crippen molar-refractivity contribution in [3.8, 4) is 0 Å². The topological polar surface area (TPSA) is 74.2 Å². The van der Waals surface area contributed by atoms with E-state index in [1.54, 1.807) is 6.20 Å². The molecule has 5 nitrogen and oxygen atoms in total. The largest absolute Gasteiger partial charge is 0.392 e. The Morgan fingerprint density at radius 2 is 2.32 bits per heavy atom. The van der Waals surface area contributed by atoms with Gasteiger partial charge >= 0.3 is 0 Å². The van der Waals surface area contributed by atoms with Crippen LogP contribution < -0.4 is 10.6 Å². The average Bonchev–Trinajstić information content (AvgIpc) is 2.85. The van der Waals surface area contributed by atoms with Gasteiger partial charge in [0.1, 0.15) is 0 Å². The molecule has 1 aliphatic heterocycles. The molecule has 19 heavy (non-hydrogen) atoms. The Bertz CT molecular complexity index is 614. The highest BCUT2D eigenvalue weighted by Gasteiger charge is 2.27. The average molecular weight is 257 g/mol. The molecule has 1 amide bonds. The number of fused-ring (bicyclic) bond motifs is 1. The summed E-state index contributed by atoms with van der Waals surface area (Å²) < 4.78 is 0. The molecule has 98 valence electrons. The van der Waals surface area contributed by atoms with Crippen LogP contribution in [-0.2, 0) is 4.79 Å². The van der Waals surface area contributed by atoms with Crippen molar-refractivity contribution < 1.29 is 9.90 Å². The predicted octanol–water partition coefficient (Wildman–Crippen LogP) is 0.896. The third kappa shape index (κ3) is 2.57. The Kier molecular flexibility index (Phi) is 3.15. The monoisotopic (exact) mass is 257 g/mol. The number of aliphatic hydroxyl groups excluding tert-OH is 1. The molecule has 2 aromatic rings. The fourth-order valence-electron chi connectivity index (χ4n) is 2.30. The first-order chi connectivity index (χ1) is 9.22. The summed E-state index contributed by atoms with van der Waals surface area (Å²) in [6.07, 6.45) is 1.77. The summed E-state index contributed by atoms with van der Waals surface area (Å²) in [5.41, 5.74) is 1.64. The van der Waals surface area contributed by atoms with Gasteiger partial charge in [0, 0.05) is 23.8 Å². The van der Waals surface area contributed by atoms with Gasteiger partial charge in [-0.1, -0.05) is 6.07 Å². The number of nitrogens with one attached hydrogen (secondary N) is 2. The summed E-state index contributed by atoms with van der Waals surface area (Å²) in [6, 6.07) is 9.10. The smallest absolute Gasteiger partial charge is 0.241 e. The number of nitrogens with zero attached hydrogens (tertiary/aromatic N) is 1. The number of carbonyl (C=O) groups excluding carboxylic acids is 1. The lowest BCUT2D eigenvalue weighted by Crippen LogP contribution is -2.35. The molecular formula is C14H15N3O2. The summed E-state index contributed by atoms with van der Waals surface area (Å²) in [6.45, 7) is 0.472. The first kappa shape index (κ1) is 12.1. The predicted molar refractivity (Wildman–Crippen MR) is 72.8 cm³/mol. The lowest BCUT2D eigenvalue weighted by molar-refractivity contribution is -0.117. The van der Waals surface area contributed by atoms with E-state index >= 15 is 0 Å². The molecule has 0 aliphatic carbocycles. The Labute approximate surface area is 110 Å². The maximum atomic E-state index is 12.0. The van der Waals surface area contributed by atoms with E-state index in [0.29, 0.717) is 13.0 Å². The van der Waals surface area contributed by atoms with Crippen molar-refractivity contribution in [3.05, 3.63) is 36.5 Å². The highest BCUT2D eigenvalue weighted by atomic mass is 16.3. The Hall–Kier alpha value is -1.98. The van der Waals surface area contributed by atoms with Gasteiger partial charge in [0.2, 0.25) is 5.91 Å². The van der Waals surface area contributed by atoms with Crippen LogP contribution in [0.2, 0.25) is 0 Å². The van der Waals surface area contributed by atoms with E-state index < -0.39 is 6.10 Å². The van der Waals surface area contributed by atoms with Crippen LogP contribution in [-0.4, -0.2) is 34.7 Å². The molecule has 0 radical (unpaired) electrons. The second kappa shape index (κ2) is 4.95. The van der Waals surface area contributed by atoms with Crippen molar-refractivity contribution in [2.24, 2.45) is 0 Å². The van der Waals surface area contributed by atoms with Gasteiger partial charge in [0.05, 0.1) is 17.7 Å². The molecule has 1 fully saturated rings. The van der Waals surface area contributed by atoms with Gasteiger partial charge < -0.3 is 15.7 Å². The minimum atomic E-state index is -0.434. The quantitative estimate of drug-likeness (QED) is 0.747. The zero-order valence-corrected chi connectivity index (χ0v) is 10.3. The van der Waals surface area contributed by atoms with Crippen LogP contribution in [0.15, 0.2) is 36.5 Å². The number of hydrogen-bond acceptors (Lipinski definition) is 4. The Balaban J connectivity index is 1.76. The summed E-state index contributed by atoms with van der Waals surface area (Å²) in [7, 11) is 0. The zero-order chi connectivity index (χ0) is 13.2. The number of β-amino-alcohol motifs (C(OH)–C–C–N with tert-alkyl or cyclic N) is 1. The van der Waals surface area contributed by atoms with Crippen molar-refractivity contribution in [1.29, 1.82) is 0 Å². The van der Waals surface area contributed by atoms with E-state index in [9.17, 15) is 9.90 Å². The molecule has 3 N–H and O–H groups in total. The summed E-state index contributed by atoms with van der Waals surface area (Å²) in [5.74, 6) is -0.111. The van der Waals surface area contributed by atoms with Gasteiger partial charge in [0.15, 0.2) is 0 Å². The van der Waals surface area contributed by atoms with E-state index in [2.05, 4.69) is 15.6 Å². The first-order valence-electron chi connectivity index (χ1n) is 6.29. The molecule has 1 saturated heterocycles. The fraction of sp³-hybridized carbons (Fsp3) is 0.286. The van der Waals surface area contributed by atoms with Crippen molar-refractivity contribution in [3.63, 3.8) is 0 Å². The molecule has 0 spiro atoms. The summed E-state index contributed by atoms with van der Waals surface area (Å²) >= 11 is 0. The molecule has 2 atom stereocenters. The molecule has 0 bridgehead atoms. The van der Waals surface area contributed by atoms with Crippen LogP contribution in [0.4, 0.5) is 5.69 Å². The highest BCUT2D eigenvalue weighted by molar-refractivity contribution is 5.97. The fourth-order valence-corrected chi connectivity index (χ4v) is 2.30. The molecule has 2 unspecified atom stereocenters. The van der Waals surface area contributed by atoms with E-state index in [4.69, 9.17) is 0 Å². The minimum Gasteiger partial charge on any atom is -0.392 e. The maximum absolute atomic E-state index is 12.0. The van der Waals surface area contributed by atoms with Crippen LogP contribution in [0, 0.1) is 0 Å². The van der Waals surface area contributed by atoms with E-state index in [-0.39, 0.29) is 11.9 Å². The number of anilines is 1.